The van der Waals surface area contributed by atoms with E-state index in [4.69, 9.17) is 4.74 Å². The van der Waals surface area contributed by atoms with Crippen molar-refractivity contribution in [2.75, 3.05) is 13.2 Å². The molecule has 1 nitrogen and oxygen atoms in total. The molecule has 1 aliphatic rings. The van der Waals surface area contributed by atoms with E-state index in [2.05, 4.69) is 36.8 Å². The molecule has 0 saturated carbocycles. The Morgan fingerprint density at radius 3 is 3.00 bits per heavy atom. The van der Waals surface area contributed by atoms with Crippen molar-refractivity contribution in [1.29, 1.82) is 0 Å². The van der Waals surface area contributed by atoms with Gasteiger partial charge in [0.05, 0.1) is 0 Å². The lowest BCUT2D eigenvalue weighted by atomic mass is 9.90. The second kappa shape index (κ2) is 5.86. The molecule has 0 aliphatic heterocycles. The summed E-state index contributed by atoms with van der Waals surface area (Å²) in [7, 11) is 0. The zero-order chi connectivity index (χ0) is 11.2. The Kier molecular flexibility index (Phi) is 4.17. The summed E-state index contributed by atoms with van der Waals surface area (Å²) < 4.78 is 5.36. The molecule has 0 heterocycles. The number of hydrogen-bond acceptors (Lipinski definition) is 1. The number of benzene rings is 1. The quantitative estimate of drug-likeness (QED) is 0.683. The molecule has 0 spiro atoms. The molecule has 2 rings (SSSR count). The fourth-order valence-electron chi connectivity index (χ4n) is 2.09. The molecule has 0 amide bonds. The molecule has 0 aromatic heterocycles. The van der Waals surface area contributed by atoms with Gasteiger partial charge in [-0.3, -0.25) is 0 Å². The van der Waals surface area contributed by atoms with Crippen LogP contribution in [0.1, 0.15) is 30.9 Å². The molecular formula is C15H19O. The van der Waals surface area contributed by atoms with E-state index >= 15 is 0 Å². The fourth-order valence-corrected chi connectivity index (χ4v) is 2.09. The van der Waals surface area contributed by atoms with Crippen LogP contribution in [0.3, 0.4) is 0 Å². The summed E-state index contributed by atoms with van der Waals surface area (Å²) in [6.45, 7) is 3.76. The molecule has 0 fully saturated rings. The third-order valence-electron chi connectivity index (χ3n) is 2.96. The molecule has 0 unspecified atom stereocenters. The summed E-state index contributed by atoms with van der Waals surface area (Å²) >= 11 is 0. The summed E-state index contributed by atoms with van der Waals surface area (Å²) in [5.74, 6) is 0. The van der Waals surface area contributed by atoms with Gasteiger partial charge < -0.3 is 4.74 Å². The van der Waals surface area contributed by atoms with E-state index in [1.807, 2.05) is 6.92 Å². The Morgan fingerprint density at radius 1 is 1.25 bits per heavy atom. The average molecular weight is 215 g/mol. The van der Waals surface area contributed by atoms with Crippen LogP contribution in [0.5, 0.6) is 0 Å². The molecule has 1 aliphatic carbocycles. The van der Waals surface area contributed by atoms with Gasteiger partial charge in [-0.05, 0) is 37.3 Å². The van der Waals surface area contributed by atoms with Crippen molar-refractivity contribution in [3.05, 3.63) is 53.5 Å². The van der Waals surface area contributed by atoms with Crippen molar-refractivity contribution < 1.29 is 4.74 Å². The first kappa shape index (κ1) is 11.4. The minimum absolute atomic E-state index is 0.827. The predicted octanol–water partition coefficient (Wildman–Crippen LogP) is 3.54. The molecule has 0 saturated heterocycles. The molecule has 1 heteroatoms. The molecule has 85 valence electrons. The van der Waals surface area contributed by atoms with Gasteiger partial charge in [-0.1, -0.05) is 35.9 Å². The molecule has 0 bridgehead atoms. The minimum atomic E-state index is 0.827. The maximum Gasteiger partial charge on any atom is 0.0468 e. The maximum absolute atomic E-state index is 5.36. The second-order valence-electron chi connectivity index (χ2n) is 4.17. The predicted molar refractivity (Wildman–Crippen MR) is 67.4 cm³/mol. The van der Waals surface area contributed by atoms with Gasteiger partial charge in [-0.2, -0.15) is 0 Å². The standard InChI is InChI=1S/C15H19O/c1-2-16-11-5-6-13-9-10-14-7-3-4-8-15(14)12-13/h3-4,7-10H,2,5-6,11-12H2,1H3. The van der Waals surface area contributed by atoms with E-state index in [-0.39, 0.29) is 0 Å². The van der Waals surface area contributed by atoms with Gasteiger partial charge in [-0.25, -0.2) is 0 Å². The van der Waals surface area contributed by atoms with Crippen LogP contribution in [0.2, 0.25) is 0 Å². The Morgan fingerprint density at radius 2 is 2.12 bits per heavy atom. The minimum Gasteiger partial charge on any atom is -0.382 e. The number of rotatable bonds is 5. The van der Waals surface area contributed by atoms with Crippen LogP contribution >= 0.6 is 0 Å². The van der Waals surface area contributed by atoms with Gasteiger partial charge >= 0.3 is 0 Å². The molecule has 0 atom stereocenters. The van der Waals surface area contributed by atoms with Crippen LogP contribution in [-0.4, -0.2) is 13.2 Å². The van der Waals surface area contributed by atoms with Gasteiger partial charge in [0.25, 0.3) is 0 Å². The molecule has 1 aromatic rings. The van der Waals surface area contributed by atoms with E-state index in [9.17, 15) is 0 Å². The van der Waals surface area contributed by atoms with Crippen molar-refractivity contribution in [1.82, 2.24) is 0 Å². The van der Waals surface area contributed by atoms with Crippen molar-refractivity contribution in [3.63, 3.8) is 0 Å². The van der Waals surface area contributed by atoms with Crippen LogP contribution in [0.4, 0.5) is 0 Å². The highest BCUT2D eigenvalue weighted by Crippen LogP contribution is 2.24. The lowest BCUT2D eigenvalue weighted by Crippen LogP contribution is -2.03. The monoisotopic (exact) mass is 215 g/mol. The van der Waals surface area contributed by atoms with E-state index in [0.29, 0.717) is 0 Å². The third kappa shape index (κ3) is 2.96. The van der Waals surface area contributed by atoms with Gasteiger partial charge in [-0.15, -0.1) is 0 Å². The number of allylic oxidation sites excluding steroid dienone is 2. The Bertz CT molecular complexity index is 365. The topological polar surface area (TPSA) is 9.23 Å². The van der Waals surface area contributed by atoms with Crippen LogP contribution in [0.15, 0.2) is 35.9 Å². The highest BCUT2D eigenvalue weighted by molar-refractivity contribution is 5.43. The summed E-state index contributed by atoms with van der Waals surface area (Å²) in [6, 6.07) is 8.63. The Balaban J connectivity index is 1.84. The molecule has 1 radical (unpaired) electrons. The first-order chi connectivity index (χ1) is 7.90. The second-order valence-corrected chi connectivity index (χ2v) is 4.17. The third-order valence-corrected chi connectivity index (χ3v) is 2.96. The van der Waals surface area contributed by atoms with Gasteiger partial charge in [0.15, 0.2) is 0 Å². The highest BCUT2D eigenvalue weighted by atomic mass is 16.5. The smallest absolute Gasteiger partial charge is 0.0468 e. The summed E-state index contributed by atoms with van der Waals surface area (Å²) in [6.07, 6.45) is 7.91. The first-order valence-electron chi connectivity index (χ1n) is 6.08. The molecule has 16 heavy (non-hydrogen) atoms. The normalized spacial score (nSPS) is 14.4. The number of hydrogen-bond donors (Lipinski definition) is 0. The van der Waals surface area contributed by atoms with Gasteiger partial charge in [0.2, 0.25) is 0 Å². The fraction of sp³-hybridized carbons (Fsp3) is 0.400. The van der Waals surface area contributed by atoms with Crippen LogP contribution in [0, 0.1) is 6.42 Å². The Labute approximate surface area is 98.1 Å². The molecular weight excluding hydrogens is 196 g/mol. The highest BCUT2D eigenvalue weighted by Gasteiger charge is 2.09. The average Bonchev–Trinajstić information content (AvgIpc) is 2.34. The van der Waals surface area contributed by atoms with Crippen molar-refractivity contribution in [2.45, 2.75) is 26.2 Å². The van der Waals surface area contributed by atoms with Crippen molar-refractivity contribution >= 4 is 0 Å². The van der Waals surface area contributed by atoms with Gasteiger partial charge in [0, 0.05) is 19.6 Å². The summed E-state index contributed by atoms with van der Waals surface area (Å²) in [5, 5.41) is 0. The van der Waals surface area contributed by atoms with Crippen LogP contribution in [-0.2, 0) is 11.2 Å². The maximum atomic E-state index is 5.36. The van der Waals surface area contributed by atoms with E-state index < -0.39 is 0 Å². The SMILES string of the molecule is CCOCCCC1=C[CH]c2ccccc2C1. The zero-order valence-electron chi connectivity index (χ0n) is 9.91. The van der Waals surface area contributed by atoms with Crippen molar-refractivity contribution in [3.8, 4) is 0 Å². The molecule has 0 N–H and O–H groups in total. The van der Waals surface area contributed by atoms with Crippen molar-refractivity contribution in [2.24, 2.45) is 0 Å². The zero-order valence-corrected chi connectivity index (χ0v) is 9.91. The molecule has 1 aromatic carbocycles. The lowest BCUT2D eigenvalue weighted by molar-refractivity contribution is 0.145. The van der Waals surface area contributed by atoms with Crippen LogP contribution in [0.25, 0.3) is 0 Å². The largest absolute Gasteiger partial charge is 0.382 e. The van der Waals surface area contributed by atoms with Gasteiger partial charge in [0.1, 0.15) is 0 Å². The Hall–Kier alpha value is -1.08. The van der Waals surface area contributed by atoms with E-state index in [0.717, 1.165) is 32.5 Å². The van der Waals surface area contributed by atoms with E-state index in [1.165, 1.54) is 16.7 Å². The lowest BCUT2D eigenvalue weighted by Gasteiger charge is -2.16. The van der Waals surface area contributed by atoms with E-state index in [1.54, 1.807) is 0 Å². The first-order valence-corrected chi connectivity index (χ1v) is 6.08. The summed E-state index contributed by atoms with van der Waals surface area (Å²) in [5.41, 5.74) is 4.35. The summed E-state index contributed by atoms with van der Waals surface area (Å²) in [4.78, 5) is 0. The number of fused-ring (bicyclic) bond motifs is 1. The van der Waals surface area contributed by atoms with Crippen LogP contribution < -0.4 is 0 Å². The number of ether oxygens (including phenoxy) is 1.